The van der Waals surface area contributed by atoms with E-state index in [0.29, 0.717) is 12.8 Å². The SMILES string of the molecule is O=C(O)CNC(=O)CNC(=O)C1CC(NC(=O)OCC2c3ccccc3-c3ccccc32)C1. The fourth-order valence-corrected chi connectivity index (χ4v) is 4.30. The molecular formula is C24H25N3O6. The van der Waals surface area contributed by atoms with Gasteiger partial charge in [0.1, 0.15) is 13.2 Å². The Bertz CT molecular complexity index is 1030. The molecule has 0 aliphatic heterocycles. The highest BCUT2D eigenvalue weighted by atomic mass is 16.5. The number of aliphatic carboxylic acids is 1. The molecule has 2 aromatic rings. The normalized spacial score (nSPS) is 18.3. The fraction of sp³-hybridized carbons (Fsp3) is 0.333. The molecule has 172 valence electrons. The van der Waals surface area contributed by atoms with Crippen molar-refractivity contribution < 1.29 is 29.0 Å². The Labute approximate surface area is 190 Å². The van der Waals surface area contributed by atoms with Crippen molar-refractivity contribution in [1.82, 2.24) is 16.0 Å². The van der Waals surface area contributed by atoms with Crippen molar-refractivity contribution in [2.45, 2.75) is 24.8 Å². The lowest BCUT2D eigenvalue weighted by Crippen LogP contribution is -2.50. The van der Waals surface area contributed by atoms with Crippen LogP contribution in [0, 0.1) is 5.92 Å². The van der Waals surface area contributed by atoms with Crippen molar-refractivity contribution in [3.8, 4) is 11.1 Å². The summed E-state index contributed by atoms with van der Waals surface area (Å²) in [7, 11) is 0. The minimum Gasteiger partial charge on any atom is -0.480 e. The summed E-state index contributed by atoms with van der Waals surface area (Å²) in [5, 5.41) is 15.9. The topological polar surface area (TPSA) is 134 Å². The molecular weight excluding hydrogens is 426 g/mol. The number of fused-ring (bicyclic) bond motifs is 3. The second kappa shape index (κ2) is 9.72. The van der Waals surface area contributed by atoms with Crippen LogP contribution in [-0.2, 0) is 19.1 Å². The summed E-state index contributed by atoms with van der Waals surface area (Å²) in [6.07, 6.45) is 0.383. The smallest absolute Gasteiger partial charge is 0.407 e. The fourth-order valence-electron chi connectivity index (χ4n) is 4.30. The van der Waals surface area contributed by atoms with E-state index in [1.807, 2.05) is 24.3 Å². The molecule has 2 aliphatic rings. The number of ether oxygens (including phenoxy) is 1. The summed E-state index contributed by atoms with van der Waals surface area (Å²) < 4.78 is 5.52. The number of carbonyl (C=O) groups excluding carboxylic acids is 3. The average Bonchev–Trinajstić information content (AvgIpc) is 3.10. The molecule has 3 amide bonds. The molecule has 0 unspecified atom stereocenters. The average molecular weight is 451 g/mol. The van der Waals surface area contributed by atoms with Crippen LogP contribution in [0.2, 0.25) is 0 Å². The molecule has 0 radical (unpaired) electrons. The van der Waals surface area contributed by atoms with E-state index in [-0.39, 0.29) is 36.9 Å². The van der Waals surface area contributed by atoms with Crippen LogP contribution in [0.15, 0.2) is 48.5 Å². The third kappa shape index (κ3) is 5.14. The standard InChI is InChI=1S/C24H25N3O6/c28-21(25-12-22(29)30)11-26-23(31)14-9-15(10-14)27-24(32)33-13-20-18-7-3-1-5-16(18)17-6-2-4-8-19(17)20/h1-8,14-15,20H,9-13H2,(H,25,28)(H,26,31)(H,27,32)(H,29,30). The van der Waals surface area contributed by atoms with Gasteiger partial charge in [0.05, 0.1) is 6.54 Å². The third-order valence-corrected chi connectivity index (χ3v) is 6.03. The van der Waals surface area contributed by atoms with Crippen molar-refractivity contribution in [2.75, 3.05) is 19.7 Å². The Kier molecular flexibility index (Phi) is 6.58. The number of hydrogen-bond acceptors (Lipinski definition) is 5. The molecule has 0 heterocycles. The Balaban J connectivity index is 1.20. The highest BCUT2D eigenvalue weighted by Gasteiger charge is 2.36. The maximum Gasteiger partial charge on any atom is 0.407 e. The van der Waals surface area contributed by atoms with Gasteiger partial charge in [0.2, 0.25) is 11.8 Å². The first-order valence-corrected chi connectivity index (χ1v) is 10.8. The van der Waals surface area contributed by atoms with Gasteiger partial charge in [-0.2, -0.15) is 0 Å². The van der Waals surface area contributed by atoms with Gasteiger partial charge in [-0.1, -0.05) is 48.5 Å². The number of benzene rings is 2. The second-order valence-corrected chi connectivity index (χ2v) is 8.22. The summed E-state index contributed by atoms with van der Waals surface area (Å²) in [5.41, 5.74) is 4.59. The number of carbonyl (C=O) groups is 4. The Morgan fingerprint density at radius 3 is 2.09 bits per heavy atom. The first kappa shape index (κ1) is 22.3. The molecule has 9 heteroatoms. The molecule has 0 bridgehead atoms. The Hall–Kier alpha value is -3.88. The number of carboxylic acids is 1. The summed E-state index contributed by atoms with van der Waals surface area (Å²) in [6.45, 7) is -0.556. The molecule has 9 nitrogen and oxygen atoms in total. The Morgan fingerprint density at radius 2 is 1.48 bits per heavy atom. The van der Waals surface area contributed by atoms with Crippen LogP contribution >= 0.6 is 0 Å². The van der Waals surface area contributed by atoms with Crippen molar-refractivity contribution >= 4 is 23.9 Å². The molecule has 0 aromatic heterocycles. The van der Waals surface area contributed by atoms with E-state index in [1.165, 1.54) is 0 Å². The summed E-state index contributed by atoms with van der Waals surface area (Å²) in [4.78, 5) is 46.3. The van der Waals surface area contributed by atoms with Crippen LogP contribution in [0.5, 0.6) is 0 Å². The predicted molar refractivity (Wildman–Crippen MR) is 118 cm³/mol. The molecule has 1 fully saturated rings. The summed E-state index contributed by atoms with van der Waals surface area (Å²) in [5.74, 6) is -2.35. The van der Waals surface area contributed by atoms with Crippen molar-refractivity contribution in [1.29, 1.82) is 0 Å². The van der Waals surface area contributed by atoms with Crippen LogP contribution in [0.3, 0.4) is 0 Å². The van der Waals surface area contributed by atoms with Crippen molar-refractivity contribution in [3.63, 3.8) is 0 Å². The zero-order valence-electron chi connectivity index (χ0n) is 17.9. The minimum atomic E-state index is -1.16. The zero-order valence-corrected chi connectivity index (χ0v) is 17.9. The molecule has 2 aromatic carbocycles. The molecule has 0 spiro atoms. The highest BCUT2D eigenvalue weighted by Crippen LogP contribution is 2.44. The minimum absolute atomic E-state index is 0.0182. The lowest BCUT2D eigenvalue weighted by atomic mass is 9.79. The predicted octanol–water partition coefficient (Wildman–Crippen LogP) is 1.62. The molecule has 4 N–H and O–H groups in total. The molecule has 2 aliphatic carbocycles. The van der Waals surface area contributed by atoms with Crippen molar-refractivity contribution in [2.24, 2.45) is 5.92 Å². The number of nitrogens with one attached hydrogen (secondary N) is 3. The van der Waals surface area contributed by atoms with Gasteiger partial charge >= 0.3 is 12.1 Å². The van der Waals surface area contributed by atoms with E-state index in [2.05, 4.69) is 40.2 Å². The lowest BCUT2D eigenvalue weighted by Gasteiger charge is -2.34. The van der Waals surface area contributed by atoms with Gasteiger partial charge in [0.15, 0.2) is 0 Å². The number of hydrogen-bond donors (Lipinski definition) is 4. The molecule has 1 saturated carbocycles. The zero-order chi connectivity index (χ0) is 23.4. The number of carboxylic acid groups (broad SMARTS) is 1. The second-order valence-electron chi connectivity index (χ2n) is 8.22. The lowest BCUT2D eigenvalue weighted by molar-refractivity contribution is -0.138. The molecule has 4 rings (SSSR count). The van der Waals surface area contributed by atoms with Crippen LogP contribution in [0.1, 0.15) is 29.9 Å². The summed E-state index contributed by atoms with van der Waals surface area (Å²) >= 11 is 0. The third-order valence-electron chi connectivity index (χ3n) is 6.03. The van der Waals surface area contributed by atoms with Crippen molar-refractivity contribution in [3.05, 3.63) is 59.7 Å². The van der Waals surface area contributed by atoms with Gasteiger partial charge in [-0.05, 0) is 35.1 Å². The van der Waals surface area contributed by atoms with Gasteiger partial charge in [-0.15, -0.1) is 0 Å². The van der Waals surface area contributed by atoms with Gasteiger partial charge in [-0.3, -0.25) is 14.4 Å². The van der Waals surface area contributed by atoms with E-state index in [0.717, 1.165) is 22.3 Å². The first-order chi connectivity index (χ1) is 15.9. The largest absolute Gasteiger partial charge is 0.480 e. The van der Waals surface area contributed by atoms with Crippen LogP contribution in [0.25, 0.3) is 11.1 Å². The van der Waals surface area contributed by atoms with E-state index < -0.39 is 24.5 Å². The van der Waals surface area contributed by atoms with E-state index in [9.17, 15) is 19.2 Å². The molecule has 0 atom stereocenters. The van der Waals surface area contributed by atoms with Crippen LogP contribution < -0.4 is 16.0 Å². The van der Waals surface area contributed by atoms with Gasteiger partial charge in [0, 0.05) is 17.9 Å². The quantitative estimate of drug-likeness (QED) is 0.482. The number of alkyl carbamates (subject to hydrolysis) is 1. The summed E-state index contributed by atoms with van der Waals surface area (Å²) in [6, 6.07) is 16.0. The monoisotopic (exact) mass is 451 g/mol. The van der Waals surface area contributed by atoms with Crippen LogP contribution in [-0.4, -0.2) is 54.7 Å². The van der Waals surface area contributed by atoms with Crippen LogP contribution in [0.4, 0.5) is 4.79 Å². The van der Waals surface area contributed by atoms with Gasteiger partial charge in [0.25, 0.3) is 0 Å². The van der Waals surface area contributed by atoms with Gasteiger partial charge in [-0.25, -0.2) is 4.79 Å². The molecule has 33 heavy (non-hydrogen) atoms. The van der Waals surface area contributed by atoms with E-state index in [1.54, 1.807) is 0 Å². The van der Waals surface area contributed by atoms with Gasteiger partial charge < -0.3 is 25.8 Å². The molecule has 0 saturated heterocycles. The van der Waals surface area contributed by atoms with E-state index >= 15 is 0 Å². The number of rotatable bonds is 8. The van der Waals surface area contributed by atoms with E-state index in [4.69, 9.17) is 9.84 Å². The number of amides is 3. The first-order valence-electron chi connectivity index (χ1n) is 10.8. The Morgan fingerprint density at radius 1 is 0.879 bits per heavy atom. The maximum absolute atomic E-state index is 12.3. The maximum atomic E-state index is 12.3. The highest BCUT2D eigenvalue weighted by molar-refractivity contribution is 5.88.